The molecule has 1 aromatic carbocycles. The van der Waals surface area contributed by atoms with Crippen molar-refractivity contribution < 1.29 is 17.9 Å². The molecule has 6 rings (SSSR count). The lowest BCUT2D eigenvalue weighted by Crippen LogP contribution is -2.56. The molecule has 0 radical (unpaired) electrons. The number of sulfonamides is 1. The van der Waals surface area contributed by atoms with Crippen molar-refractivity contribution in [3.63, 3.8) is 0 Å². The number of nitrogens with zero attached hydrogens (tertiary/aromatic N) is 7. The quantitative estimate of drug-likeness (QED) is 0.302. The van der Waals surface area contributed by atoms with Gasteiger partial charge in [-0.15, -0.1) is 0 Å². The van der Waals surface area contributed by atoms with Crippen LogP contribution in [0.5, 0.6) is 0 Å². The highest BCUT2D eigenvalue weighted by atomic mass is 32.2. The Hall–Kier alpha value is -3.70. The minimum absolute atomic E-state index is 0.184. The molecule has 13 heteroatoms. The first-order chi connectivity index (χ1) is 20.6. The first kappa shape index (κ1) is 29.4. The zero-order valence-corrected chi connectivity index (χ0v) is 25.8. The molecule has 1 unspecified atom stereocenters. The lowest BCUT2D eigenvalue weighted by molar-refractivity contribution is 0.176. The van der Waals surface area contributed by atoms with Gasteiger partial charge in [-0.1, -0.05) is 11.3 Å². The molecule has 224 valence electrons. The first-order valence-corrected chi connectivity index (χ1v) is 16.9. The number of benzene rings is 1. The number of aryl methyl sites for hydroxylation is 1. The lowest BCUT2D eigenvalue weighted by atomic mass is 10.1. The summed E-state index contributed by atoms with van der Waals surface area (Å²) in [4.78, 5) is 18.3. The van der Waals surface area contributed by atoms with Gasteiger partial charge in [0.25, 0.3) is 0 Å². The predicted octanol–water partition coefficient (Wildman–Crippen LogP) is 4.55. The topological polar surface area (TPSA) is 127 Å². The smallest absolute Gasteiger partial charge is 0.211 e. The number of hydrogen-bond donors (Lipinski definition) is 1. The number of hydrogen-bond acceptors (Lipinski definition) is 10. The van der Waals surface area contributed by atoms with E-state index in [4.69, 9.17) is 9.97 Å². The summed E-state index contributed by atoms with van der Waals surface area (Å²) in [6.45, 7) is 4.81. The van der Waals surface area contributed by atoms with E-state index in [9.17, 15) is 18.8 Å². The number of piperazine rings is 1. The number of nitriles is 1. The standard InChI is InChI=1S/C30H32FN7O3S2/c1-4-37(30-35-28(27(14-32)42-30)20-6-5-18(2)33-15-20)26-13-25(19-7-8-19)34-29-23(26)11-21(12-24(29)31)36-9-10-38(43(3,40)41)22(16-36)17-39/h5-6,11-13,15,19,22,39H,4,7-10,16-17H2,1-3H3. The van der Waals surface area contributed by atoms with Gasteiger partial charge in [-0.2, -0.15) is 9.57 Å². The van der Waals surface area contributed by atoms with Gasteiger partial charge in [-0.05, 0) is 57.0 Å². The summed E-state index contributed by atoms with van der Waals surface area (Å²) < 4.78 is 41.7. The molecular weight excluding hydrogens is 590 g/mol. The third kappa shape index (κ3) is 5.68. The van der Waals surface area contributed by atoms with Crippen molar-refractivity contribution in [3.8, 4) is 17.3 Å². The number of pyridine rings is 2. The Bertz CT molecular complexity index is 1840. The number of aliphatic hydroxyl groups excluding tert-OH is 1. The fraction of sp³-hybridized carbons (Fsp3) is 0.400. The van der Waals surface area contributed by atoms with Gasteiger partial charge in [-0.3, -0.25) is 4.98 Å². The predicted molar refractivity (Wildman–Crippen MR) is 166 cm³/mol. The summed E-state index contributed by atoms with van der Waals surface area (Å²) in [6.07, 6.45) is 4.84. The van der Waals surface area contributed by atoms with Crippen molar-refractivity contribution >= 4 is 48.8 Å². The van der Waals surface area contributed by atoms with Gasteiger partial charge in [-0.25, -0.2) is 22.8 Å². The van der Waals surface area contributed by atoms with Gasteiger partial charge in [0, 0.05) is 66.3 Å². The maximum absolute atomic E-state index is 15.9. The average Bonchev–Trinajstić information content (AvgIpc) is 3.76. The van der Waals surface area contributed by atoms with Crippen LogP contribution >= 0.6 is 11.3 Å². The van der Waals surface area contributed by atoms with Gasteiger partial charge in [0.15, 0.2) is 10.9 Å². The molecule has 0 spiro atoms. The Morgan fingerprint density at radius 1 is 1.21 bits per heavy atom. The molecule has 0 bridgehead atoms. The number of aliphatic hydroxyl groups is 1. The summed E-state index contributed by atoms with van der Waals surface area (Å²) in [7, 11) is -3.50. The van der Waals surface area contributed by atoms with E-state index in [0.717, 1.165) is 41.7 Å². The maximum Gasteiger partial charge on any atom is 0.211 e. The lowest BCUT2D eigenvalue weighted by Gasteiger charge is -2.40. The van der Waals surface area contributed by atoms with Crippen LogP contribution in [0.1, 0.15) is 41.9 Å². The van der Waals surface area contributed by atoms with Crippen LogP contribution in [0.2, 0.25) is 0 Å². The molecule has 2 fully saturated rings. The highest BCUT2D eigenvalue weighted by Crippen LogP contribution is 2.45. The third-order valence-electron chi connectivity index (χ3n) is 8.02. The molecule has 1 saturated heterocycles. The molecule has 1 N–H and O–H groups in total. The minimum atomic E-state index is -3.50. The molecule has 10 nitrogen and oxygen atoms in total. The molecule has 4 aromatic rings. The molecule has 0 amide bonds. The molecule has 2 aliphatic rings. The van der Waals surface area contributed by atoms with Crippen LogP contribution in [0.25, 0.3) is 22.2 Å². The van der Waals surface area contributed by atoms with Gasteiger partial charge >= 0.3 is 0 Å². The highest BCUT2D eigenvalue weighted by Gasteiger charge is 2.34. The second-order valence-electron chi connectivity index (χ2n) is 11.0. The minimum Gasteiger partial charge on any atom is -0.395 e. The van der Waals surface area contributed by atoms with Crippen LogP contribution < -0.4 is 9.80 Å². The van der Waals surface area contributed by atoms with Crippen LogP contribution in [-0.2, 0) is 10.0 Å². The van der Waals surface area contributed by atoms with E-state index < -0.39 is 21.9 Å². The SMILES string of the molecule is CCN(c1nc(-c2ccc(C)nc2)c(C#N)s1)c1cc(C2CC2)nc2c(F)cc(N3CCN(S(C)(=O)=O)C(CO)C3)cc12. The molecule has 1 atom stereocenters. The van der Waals surface area contributed by atoms with Gasteiger partial charge in [0.1, 0.15) is 22.2 Å². The van der Waals surface area contributed by atoms with E-state index in [0.29, 0.717) is 39.9 Å². The summed E-state index contributed by atoms with van der Waals surface area (Å²) in [5.74, 6) is -0.197. The number of halogens is 1. The maximum atomic E-state index is 15.9. The Balaban J connectivity index is 1.46. The molecule has 43 heavy (non-hydrogen) atoms. The second kappa shape index (κ2) is 11.4. The van der Waals surface area contributed by atoms with E-state index in [1.165, 1.54) is 21.7 Å². The fourth-order valence-electron chi connectivity index (χ4n) is 5.64. The Morgan fingerprint density at radius 3 is 2.63 bits per heavy atom. The van der Waals surface area contributed by atoms with Crippen molar-refractivity contribution in [3.05, 3.63) is 58.6 Å². The van der Waals surface area contributed by atoms with Crippen molar-refractivity contribution in [1.29, 1.82) is 5.26 Å². The zero-order chi connectivity index (χ0) is 30.5. The van der Waals surface area contributed by atoms with Crippen LogP contribution in [0.4, 0.5) is 20.9 Å². The number of fused-ring (bicyclic) bond motifs is 1. The monoisotopic (exact) mass is 621 g/mol. The second-order valence-corrected chi connectivity index (χ2v) is 14.0. The van der Waals surface area contributed by atoms with Gasteiger partial charge < -0.3 is 14.9 Å². The van der Waals surface area contributed by atoms with Gasteiger partial charge in [0.2, 0.25) is 10.0 Å². The molecule has 3 aromatic heterocycles. The van der Waals surface area contributed by atoms with Gasteiger partial charge in [0.05, 0.1) is 24.6 Å². The number of rotatable bonds is 8. The largest absolute Gasteiger partial charge is 0.395 e. The van der Waals surface area contributed by atoms with Crippen molar-refractivity contribution in [1.82, 2.24) is 19.3 Å². The number of thiazole rings is 1. The van der Waals surface area contributed by atoms with Crippen molar-refractivity contribution in [2.24, 2.45) is 0 Å². The molecule has 1 aliphatic carbocycles. The van der Waals surface area contributed by atoms with E-state index in [1.54, 1.807) is 6.20 Å². The molecule has 1 saturated carbocycles. The van der Waals surface area contributed by atoms with E-state index in [2.05, 4.69) is 11.1 Å². The normalized spacial score (nSPS) is 17.8. The van der Waals surface area contributed by atoms with Crippen LogP contribution in [0.15, 0.2) is 36.5 Å². The summed E-state index contributed by atoms with van der Waals surface area (Å²) in [5, 5.41) is 21.1. The molecule has 4 heterocycles. The summed E-state index contributed by atoms with van der Waals surface area (Å²) in [6, 6.07) is 10.7. The zero-order valence-electron chi connectivity index (χ0n) is 24.2. The Labute approximate surface area is 254 Å². The number of aromatic nitrogens is 3. The van der Waals surface area contributed by atoms with Crippen LogP contribution in [0, 0.1) is 24.1 Å². The van der Waals surface area contributed by atoms with E-state index >= 15 is 4.39 Å². The van der Waals surface area contributed by atoms with Crippen molar-refractivity contribution in [2.75, 3.05) is 48.8 Å². The summed E-state index contributed by atoms with van der Waals surface area (Å²) in [5.41, 5.74) is 4.59. The van der Waals surface area contributed by atoms with Crippen LogP contribution in [0.3, 0.4) is 0 Å². The van der Waals surface area contributed by atoms with E-state index in [1.807, 2.05) is 47.9 Å². The fourth-order valence-corrected chi connectivity index (χ4v) is 7.69. The van der Waals surface area contributed by atoms with Crippen molar-refractivity contribution in [2.45, 2.75) is 38.6 Å². The average molecular weight is 622 g/mol. The number of anilines is 3. The first-order valence-electron chi connectivity index (χ1n) is 14.2. The Kier molecular flexibility index (Phi) is 7.80. The molecular formula is C30H32FN7O3S2. The Morgan fingerprint density at radius 2 is 2.00 bits per heavy atom. The highest BCUT2D eigenvalue weighted by molar-refractivity contribution is 7.88. The third-order valence-corrected chi connectivity index (χ3v) is 10.3. The summed E-state index contributed by atoms with van der Waals surface area (Å²) >= 11 is 1.28. The molecule has 1 aliphatic heterocycles. The van der Waals surface area contributed by atoms with E-state index in [-0.39, 0.29) is 31.1 Å². The van der Waals surface area contributed by atoms with Crippen LogP contribution in [-0.4, -0.2) is 77.9 Å².